The number of hydrogen-bond acceptors (Lipinski definition) is 0. The summed E-state index contributed by atoms with van der Waals surface area (Å²) in [5, 5.41) is 0. The number of benzene rings is 1. The van der Waals surface area contributed by atoms with Crippen LogP contribution in [0, 0.1) is 6.92 Å². The fourth-order valence-corrected chi connectivity index (χ4v) is 1.10. The predicted molar refractivity (Wildman–Crippen MR) is 45.6 cm³/mol. The number of alkyl halides is 3. The van der Waals surface area contributed by atoms with Crippen LogP contribution in [0.15, 0.2) is 18.2 Å². The first kappa shape index (κ1) is 10.2. The molecule has 0 saturated heterocycles. The van der Waals surface area contributed by atoms with Crippen molar-refractivity contribution in [2.45, 2.75) is 19.4 Å². The average molecular weight is 184 g/mol. The maximum absolute atomic E-state index is 12.3. The first-order valence-electron chi connectivity index (χ1n) is 3.82. The molecule has 4 heteroatoms. The molecule has 68 valence electrons. The molecule has 0 aliphatic heterocycles. The Morgan fingerprint density at radius 3 is 2.38 bits per heavy atom. The Labute approximate surface area is 76.2 Å². The molecule has 0 amide bonds. The second-order valence-corrected chi connectivity index (χ2v) is 2.85. The summed E-state index contributed by atoms with van der Waals surface area (Å²) >= 11 is 0. The minimum Gasteiger partial charge on any atom is -0.166 e. The highest BCUT2D eigenvalue weighted by atomic mass is 19.4. The van der Waals surface area contributed by atoms with Gasteiger partial charge in [0.15, 0.2) is 0 Å². The molecule has 1 aromatic carbocycles. The smallest absolute Gasteiger partial charge is 0.166 e. The second-order valence-electron chi connectivity index (χ2n) is 2.85. The van der Waals surface area contributed by atoms with Gasteiger partial charge < -0.3 is 0 Å². The third-order valence-electron chi connectivity index (χ3n) is 1.84. The lowest BCUT2D eigenvalue weighted by atomic mass is 9.94. The summed E-state index contributed by atoms with van der Waals surface area (Å²) in [6.07, 6.45) is -4.15. The second kappa shape index (κ2) is 3.44. The molecule has 0 unspecified atom stereocenters. The van der Waals surface area contributed by atoms with Gasteiger partial charge in [-0.2, -0.15) is 13.2 Å². The lowest BCUT2D eigenvalue weighted by Crippen LogP contribution is -2.08. The van der Waals surface area contributed by atoms with Crippen LogP contribution in [-0.2, 0) is 12.5 Å². The fraction of sp³-hybridized carbons (Fsp3) is 0.333. The molecule has 2 radical (unpaired) electrons. The van der Waals surface area contributed by atoms with Crippen LogP contribution in [0.25, 0.3) is 0 Å². The zero-order valence-corrected chi connectivity index (χ0v) is 7.15. The fourth-order valence-electron chi connectivity index (χ4n) is 1.10. The van der Waals surface area contributed by atoms with Crippen LogP contribution in [0.3, 0.4) is 0 Å². The first-order chi connectivity index (χ1) is 5.95. The van der Waals surface area contributed by atoms with E-state index >= 15 is 0 Å². The van der Waals surface area contributed by atoms with E-state index in [1.807, 2.05) is 0 Å². The Bertz CT molecular complexity index is 304. The molecule has 1 aromatic rings. The molecule has 0 heterocycles. The van der Waals surface area contributed by atoms with Gasteiger partial charge in [0.05, 0.1) is 13.4 Å². The van der Waals surface area contributed by atoms with Crippen molar-refractivity contribution in [3.05, 3.63) is 34.9 Å². The molecule has 0 saturated carbocycles. The minimum absolute atomic E-state index is 0.128. The lowest BCUT2D eigenvalue weighted by Gasteiger charge is -2.11. The SMILES string of the molecule is [B]Cc1ccc(C)c(C(F)(F)F)c1. The van der Waals surface area contributed by atoms with E-state index in [0.717, 1.165) is 6.07 Å². The molecule has 0 spiro atoms. The van der Waals surface area contributed by atoms with Gasteiger partial charge in [0.2, 0.25) is 0 Å². The van der Waals surface area contributed by atoms with Crippen LogP contribution in [-0.4, -0.2) is 7.85 Å². The molecule has 0 aliphatic carbocycles. The lowest BCUT2D eigenvalue weighted by molar-refractivity contribution is -0.138. The van der Waals surface area contributed by atoms with Crippen molar-refractivity contribution < 1.29 is 13.2 Å². The Kier molecular flexibility index (Phi) is 2.69. The van der Waals surface area contributed by atoms with Gasteiger partial charge in [-0.3, -0.25) is 0 Å². The van der Waals surface area contributed by atoms with Gasteiger partial charge >= 0.3 is 6.18 Å². The molecule has 0 aromatic heterocycles. The third kappa shape index (κ3) is 2.26. The predicted octanol–water partition coefficient (Wildman–Crippen LogP) is 2.68. The Hall–Kier alpha value is -0.925. The molecular weight excluding hydrogens is 176 g/mol. The Morgan fingerprint density at radius 2 is 1.92 bits per heavy atom. The van der Waals surface area contributed by atoms with Crippen LogP contribution < -0.4 is 0 Å². The zero-order chi connectivity index (χ0) is 10.1. The van der Waals surface area contributed by atoms with E-state index < -0.39 is 11.7 Å². The minimum atomic E-state index is -4.28. The molecule has 0 atom stereocenters. The molecule has 0 N–H and O–H groups in total. The molecule has 0 bridgehead atoms. The van der Waals surface area contributed by atoms with Crippen LogP contribution in [0.1, 0.15) is 16.7 Å². The standard InChI is InChI=1S/C9H8BF3/c1-6-2-3-7(5-10)4-8(6)9(11,12)13/h2-4H,5H2,1H3. The summed E-state index contributed by atoms with van der Waals surface area (Å²) in [4.78, 5) is 0. The Balaban J connectivity index is 3.19. The summed E-state index contributed by atoms with van der Waals surface area (Å²) in [5.74, 6) is 0. The van der Waals surface area contributed by atoms with Gasteiger partial charge in [-0.15, -0.1) is 0 Å². The summed E-state index contributed by atoms with van der Waals surface area (Å²) in [6.45, 7) is 1.43. The number of rotatable bonds is 1. The molecular formula is C9H8BF3. The molecule has 0 fully saturated rings. The van der Waals surface area contributed by atoms with Gasteiger partial charge in [0, 0.05) is 0 Å². The van der Waals surface area contributed by atoms with Crippen molar-refractivity contribution >= 4 is 7.85 Å². The highest BCUT2D eigenvalue weighted by Gasteiger charge is 2.32. The summed E-state index contributed by atoms with van der Waals surface area (Å²) < 4.78 is 37.0. The van der Waals surface area contributed by atoms with Gasteiger partial charge in [0.25, 0.3) is 0 Å². The van der Waals surface area contributed by atoms with Crippen molar-refractivity contribution in [2.24, 2.45) is 0 Å². The van der Waals surface area contributed by atoms with Gasteiger partial charge in [-0.1, -0.05) is 24.0 Å². The van der Waals surface area contributed by atoms with E-state index in [1.54, 1.807) is 6.07 Å². The largest absolute Gasteiger partial charge is 0.416 e. The van der Waals surface area contributed by atoms with Crippen LogP contribution in [0.5, 0.6) is 0 Å². The van der Waals surface area contributed by atoms with Gasteiger partial charge in [0.1, 0.15) is 0 Å². The van der Waals surface area contributed by atoms with E-state index in [2.05, 4.69) is 0 Å². The summed E-state index contributed by atoms with van der Waals surface area (Å²) in [7, 11) is 5.24. The molecule has 1 rings (SSSR count). The normalized spacial score (nSPS) is 11.7. The maximum Gasteiger partial charge on any atom is 0.416 e. The highest BCUT2D eigenvalue weighted by molar-refractivity contribution is 6.08. The third-order valence-corrected chi connectivity index (χ3v) is 1.84. The van der Waals surface area contributed by atoms with Gasteiger partial charge in [-0.25, -0.2) is 0 Å². The highest BCUT2D eigenvalue weighted by Crippen LogP contribution is 2.32. The van der Waals surface area contributed by atoms with Crippen molar-refractivity contribution in [1.29, 1.82) is 0 Å². The van der Waals surface area contributed by atoms with Crippen LogP contribution in [0.4, 0.5) is 13.2 Å². The average Bonchev–Trinajstić information content (AvgIpc) is 2.03. The van der Waals surface area contributed by atoms with Crippen molar-refractivity contribution in [3.63, 3.8) is 0 Å². The van der Waals surface area contributed by atoms with E-state index in [0.29, 0.717) is 5.56 Å². The molecule has 13 heavy (non-hydrogen) atoms. The quantitative estimate of drug-likeness (QED) is 0.588. The molecule has 0 nitrogen and oxygen atoms in total. The van der Waals surface area contributed by atoms with Crippen molar-refractivity contribution in [2.75, 3.05) is 0 Å². The van der Waals surface area contributed by atoms with Crippen LogP contribution >= 0.6 is 0 Å². The van der Waals surface area contributed by atoms with E-state index in [-0.39, 0.29) is 11.9 Å². The van der Waals surface area contributed by atoms with Crippen molar-refractivity contribution in [1.82, 2.24) is 0 Å². The number of aryl methyl sites for hydroxylation is 1. The number of hydrogen-bond donors (Lipinski definition) is 0. The van der Waals surface area contributed by atoms with Crippen LogP contribution in [0.2, 0.25) is 0 Å². The van der Waals surface area contributed by atoms with Crippen molar-refractivity contribution in [3.8, 4) is 0 Å². The zero-order valence-electron chi connectivity index (χ0n) is 7.15. The first-order valence-corrected chi connectivity index (χ1v) is 3.82. The van der Waals surface area contributed by atoms with E-state index in [4.69, 9.17) is 7.85 Å². The summed E-state index contributed by atoms with van der Waals surface area (Å²) in [5.41, 5.74) is 0.123. The monoisotopic (exact) mass is 184 g/mol. The van der Waals surface area contributed by atoms with Gasteiger partial charge in [-0.05, 0) is 18.6 Å². The van der Waals surface area contributed by atoms with E-state index in [9.17, 15) is 13.2 Å². The Morgan fingerprint density at radius 1 is 1.31 bits per heavy atom. The maximum atomic E-state index is 12.3. The number of halogens is 3. The molecule has 0 aliphatic rings. The van der Waals surface area contributed by atoms with E-state index in [1.165, 1.54) is 13.0 Å². The topological polar surface area (TPSA) is 0 Å². The summed E-state index contributed by atoms with van der Waals surface area (Å²) in [6, 6.07) is 4.13.